The van der Waals surface area contributed by atoms with Crippen molar-refractivity contribution in [3.8, 4) is 0 Å². The molecule has 1 aromatic heterocycles. The summed E-state index contributed by atoms with van der Waals surface area (Å²) in [6.45, 7) is 4.00. The molecule has 1 saturated heterocycles. The third kappa shape index (κ3) is 2.76. The second kappa shape index (κ2) is 5.69. The van der Waals surface area contributed by atoms with Crippen LogP contribution in [0.2, 0.25) is 0 Å². The van der Waals surface area contributed by atoms with E-state index in [1.807, 2.05) is 38.1 Å². The van der Waals surface area contributed by atoms with Crippen molar-refractivity contribution in [2.45, 2.75) is 13.8 Å². The van der Waals surface area contributed by atoms with Crippen LogP contribution in [0.1, 0.15) is 16.7 Å². The van der Waals surface area contributed by atoms with Gasteiger partial charge in [0.1, 0.15) is 5.70 Å². The van der Waals surface area contributed by atoms with E-state index in [4.69, 9.17) is 12.2 Å². The zero-order valence-electron chi connectivity index (χ0n) is 12.3. The van der Waals surface area contributed by atoms with Crippen LogP contribution in [0.25, 0.3) is 6.08 Å². The first-order chi connectivity index (χ1) is 10.5. The molecular formula is C17H15N3OS. The molecular weight excluding hydrogens is 294 g/mol. The van der Waals surface area contributed by atoms with Gasteiger partial charge in [-0.25, -0.2) is 0 Å². The van der Waals surface area contributed by atoms with E-state index in [0.29, 0.717) is 10.8 Å². The van der Waals surface area contributed by atoms with Gasteiger partial charge in [0.15, 0.2) is 5.11 Å². The lowest BCUT2D eigenvalue weighted by Gasteiger charge is -2.15. The minimum absolute atomic E-state index is 0.146. The number of amides is 1. The summed E-state index contributed by atoms with van der Waals surface area (Å²) in [4.78, 5) is 18.1. The van der Waals surface area contributed by atoms with Gasteiger partial charge >= 0.3 is 0 Å². The molecule has 0 spiro atoms. The molecule has 2 aromatic rings. The van der Waals surface area contributed by atoms with Gasteiger partial charge in [-0.2, -0.15) is 0 Å². The molecule has 1 aromatic carbocycles. The molecule has 0 atom stereocenters. The van der Waals surface area contributed by atoms with Crippen molar-refractivity contribution >= 4 is 35.0 Å². The minimum atomic E-state index is -0.146. The van der Waals surface area contributed by atoms with E-state index in [2.05, 4.69) is 16.4 Å². The number of aryl methyl sites for hydroxylation is 2. The predicted octanol–water partition coefficient (Wildman–Crippen LogP) is 2.96. The van der Waals surface area contributed by atoms with Crippen molar-refractivity contribution in [2.24, 2.45) is 0 Å². The van der Waals surface area contributed by atoms with Crippen LogP contribution >= 0.6 is 12.2 Å². The van der Waals surface area contributed by atoms with E-state index in [9.17, 15) is 4.79 Å². The molecule has 0 aliphatic carbocycles. The van der Waals surface area contributed by atoms with Crippen LogP contribution < -0.4 is 10.2 Å². The highest BCUT2D eigenvalue weighted by Gasteiger charge is 2.32. The van der Waals surface area contributed by atoms with Crippen LogP contribution in [-0.4, -0.2) is 16.0 Å². The lowest BCUT2D eigenvalue weighted by atomic mass is 10.1. The molecule has 0 saturated carbocycles. The Balaban J connectivity index is 1.97. The average Bonchev–Trinajstić information content (AvgIpc) is 2.73. The molecule has 5 heteroatoms. The van der Waals surface area contributed by atoms with Gasteiger partial charge < -0.3 is 5.32 Å². The predicted molar refractivity (Wildman–Crippen MR) is 91.3 cm³/mol. The highest BCUT2D eigenvalue weighted by Crippen LogP contribution is 2.24. The van der Waals surface area contributed by atoms with Crippen LogP contribution in [0.15, 0.2) is 48.4 Å². The van der Waals surface area contributed by atoms with Crippen molar-refractivity contribution < 1.29 is 4.79 Å². The van der Waals surface area contributed by atoms with E-state index < -0.39 is 0 Å². The first-order valence-electron chi connectivity index (χ1n) is 6.90. The normalized spacial score (nSPS) is 16.3. The Hall–Kier alpha value is -2.53. The Kier molecular flexibility index (Phi) is 3.73. The Morgan fingerprint density at radius 1 is 1.14 bits per heavy atom. The molecule has 1 aliphatic heterocycles. The van der Waals surface area contributed by atoms with Gasteiger partial charge in [-0.15, -0.1) is 0 Å². The van der Waals surface area contributed by atoms with Gasteiger partial charge in [0.2, 0.25) is 0 Å². The number of pyridine rings is 1. The highest BCUT2D eigenvalue weighted by atomic mass is 32.1. The SMILES string of the molecule is Cc1cc(C)cc(N2C(=O)/C(=C\c3ccncc3)NC2=S)c1. The van der Waals surface area contributed by atoms with Crippen LogP contribution in [0, 0.1) is 13.8 Å². The van der Waals surface area contributed by atoms with E-state index in [1.54, 1.807) is 18.5 Å². The molecule has 22 heavy (non-hydrogen) atoms. The number of hydrogen-bond acceptors (Lipinski definition) is 3. The second-order valence-electron chi connectivity index (χ2n) is 5.26. The molecule has 1 amide bonds. The van der Waals surface area contributed by atoms with E-state index in [-0.39, 0.29) is 5.91 Å². The fraction of sp³-hybridized carbons (Fsp3) is 0.118. The number of anilines is 1. The maximum Gasteiger partial charge on any atom is 0.281 e. The molecule has 1 aliphatic rings. The van der Waals surface area contributed by atoms with Crippen molar-refractivity contribution in [3.05, 3.63) is 65.1 Å². The third-order valence-corrected chi connectivity index (χ3v) is 3.64. The van der Waals surface area contributed by atoms with Crippen molar-refractivity contribution in [1.29, 1.82) is 0 Å². The number of nitrogens with zero attached hydrogens (tertiary/aromatic N) is 2. The van der Waals surface area contributed by atoms with Gasteiger partial charge in [-0.05, 0) is 73.1 Å². The van der Waals surface area contributed by atoms with Gasteiger partial charge in [0.05, 0.1) is 5.69 Å². The summed E-state index contributed by atoms with van der Waals surface area (Å²) in [7, 11) is 0. The second-order valence-corrected chi connectivity index (χ2v) is 5.64. The van der Waals surface area contributed by atoms with Crippen LogP contribution in [0.4, 0.5) is 5.69 Å². The minimum Gasteiger partial charge on any atom is -0.327 e. The average molecular weight is 309 g/mol. The van der Waals surface area contributed by atoms with Gasteiger partial charge in [0, 0.05) is 12.4 Å². The fourth-order valence-corrected chi connectivity index (χ4v) is 2.77. The number of benzene rings is 1. The number of rotatable bonds is 2. The van der Waals surface area contributed by atoms with Crippen LogP contribution in [-0.2, 0) is 4.79 Å². The lowest BCUT2D eigenvalue weighted by Crippen LogP contribution is -2.30. The topological polar surface area (TPSA) is 45.2 Å². The summed E-state index contributed by atoms with van der Waals surface area (Å²) in [6, 6.07) is 9.64. The summed E-state index contributed by atoms with van der Waals surface area (Å²) in [5, 5.41) is 3.39. The Morgan fingerprint density at radius 3 is 2.41 bits per heavy atom. The summed E-state index contributed by atoms with van der Waals surface area (Å²) in [6.07, 6.45) is 5.15. The third-order valence-electron chi connectivity index (χ3n) is 3.36. The van der Waals surface area contributed by atoms with Crippen molar-refractivity contribution in [2.75, 3.05) is 4.90 Å². The summed E-state index contributed by atoms with van der Waals surface area (Å²) in [5.41, 5.74) is 4.35. The molecule has 110 valence electrons. The molecule has 4 nitrogen and oxygen atoms in total. The van der Waals surface area contributed by atoms with E-state index in [0.717, 1.165) is 22.4 Å². The smallest absolute Gasteiger partial charge is 0.281 e. The largest absolute Gasteiger partial charge is 0.327 e. The van der Waals surface area contributed by atoms with Crippen LogP contribution in [0.5, 0.6) is 0 Å². The number of hydrogen-bond donors (Lipinski definition) is 1. The first kappa shape index (κ1) is 14.4. The summed E-state index contributed by atoms with van der Waals surface area (Å²) in [5.74, 6) is -0.146. The lowest BCUT2D eigenvalue weighted by molar-refractivity contribution is -0.113. The number of carbonyl (C=O) groups excluding carboxylic acids is 1. The molecule has 0 bridgehead atoms. The van der Waals surface area contributed by atoms with Crippen LogP contribution in [0.3, 0.4) is 0 Å². The maximum atomic E-state index is 12.6. The highest BCUT2D eigenvalue weighted by molar-refractivity contribution is 7.80. The number of aromatic nitrogens is 1. The molecule has 3 rings (SSSR count). The molecule has 0 unspecified atom stereocenters. The Morgan fingerprint density at radius 2 is 1.77 bits per heavy atom. The number of carbonyl (C=O) groups is 1. The van der Waals surface area contributed by atoms with E-state index >= 15 is 0 Å². The molecule has 0 radical (unpaired) electrons. The van der Waals surface area contributed by atoms with Gasteiger partial charge in [0.25, 0.3) is 5.91 Å². The first-order valence-corrected chi connectivity index (χ1v) is 7.31. The number of thiocarbonyl (C=S) groups is 1. The Bertz CT molecular complexity index is 763. The standard InChI is InChI=1S/C17H15N3OS/c1-11-7-12(2)9-14(8-11)20-16(21)15(19-17(20)22)10-13-3-5-18-6-4-13/h3-10H,1-2H3,(H,19,22)/b15-10+. The van der Waals surface area contributed by atoms with E-state index in [1.165, 1.54) is 4.90 Å². The fourth-order valence-electron chi connectivity index (χ4n) is 2.48. The van der Waals surface area contributed by atoms with Crippen molar-refractivity contribution in [3.63, 3.8) is 0 Å². The van der Waals surface area contributed by atoms with Gasteiger partial charge in [-0.1, -0.05) is 6.07 Å². The zero-order valence-corrected chi connectivity index (χ0v) is 13.1. The molecule has 2 heterocycles. The Labute approximate surface area is 134 Å². The van der Waals surface area contributed by atoms with Gasteiger partial charge in [-0.3, -0.25) is 14.7 Å². The summed E-state index contributed by atoms with van der Waals surface area (Å²) >= 11 is 5.32. The number of nitrogens with one attached hydrogen (secondary N) is 1. The molecule has 1 N–H and O–H groups in total. The summed E-state index contributed by atoms with van der Waals surface area (Å²) < 4.78 is 0. The quantitative estimate of drug-likeness (QED) is 0.684. The zero-order chi connectivity index (χ0) is 15.7. The monoisotopic (exact) mass is 309 g/mol. The maximum absolute atomic E-state index is 12.6. The molecule has 1 fully saturated rings. The van der Waals surface area contributed by atoms with Crippen molar-refractivity contribution in [1.82, 2.24) is 10.3 Å².